The number of nitrogens with one attached hydrogen (secondary N) is 1. The lowest BCUT2D eigenvalue weighted by Crippen LogP contribution is -2.35. The molecule has 2 aromatic carbocycles. The van der Waals surface area contributed by atoms with Crippen LogP contribution < -0.4 is 10.1 Å². The maximum absolute atomic E-state index is 12.2. The highest BCUT2D eigenvalue weighted by Gasteiger charge is 2.44. The van der Waals surface area contributed by atoms with Crippen molar-refractivity contribution < 1.29 is 19.4 Å². The summed E-state index contributed by atoms with van der Waals surface area (Å²) in [4.78, 5) is 22.9. The third-order valence-corrected chi connectivity index (χ3v) is 4.55. The van der Waals surface area contributed by atoms with Crippen molar-refractivity contribution in [2.75, 3.05) is 0 Å². The summed E-state index contributed by atoms with van der Waals surface area (Å²) in [5.74, 6) is -0.0312. The lowest BCUT2D eigenvalue weighted by molar-refractivity contribution is -0.137. The SMILES string of the molecule is CC(CC(=O)O)NC(=O)C1CC1c1ccc(OCc2ccccc2)cc1. The van der Waals surface area contributed by atoms with Gasteiger partial charge in [0.1, 0.15) is 12.4 Å². The van der Waals surface area contributed by atoms with Crippen molar-refractivity contribution in [2.24, 2.45) is 5.92 Å². The molecule has 2 aromatic rings. The highest BCUT2D eigenvalue weighted by molar-refractivity contribution is 5.83. The zero-order chi connectivity index (χ0) is 18.5. The first-order valence-electron chi connectivity index (χ1n) is 8.82. The number of rotatable bonds is 8. The van der Waals surface area contributed by atoms with E-state index in [9.17, 15) is 9.59 Å². The molecule has 0 radical (unpaired) electrons. The second-order valence-electron chi connectivity index (χ2n) is 6.80. The molecule has 2 N–H and O–H groups in total. The smallest absolute Gasteiger partial charge is 0.305 e. The van der Waals surface area contributed by atoms with E-state index in [1.165, 1.54) is 0 Å². The van der Waals surface area contributed by atoms with Crippen molar-refractivity contribution in [2.45, 2.75) is 38.3 Å². The van der Waals surface area contributed by atoms with Crippen LogP contribution in [0.3, 0.4) is 0 Å². The van der Waals surface area contributed by atoms with Gasteiger partial charge in [-0.15, -0.1) is 0 Å². The Morgan fingerprint density at radius 2 is 1.85 bits per heavy atom. The Bertz CT molecular complexity index is 757. The zero-order valence-electron chi connectivity index (χ0n) is 14.7. The van der Waals surface area contributed by atoms with Gasteiger partial charge >= 0.3 is 5.97 Å². The first kappa shape index (κ1) is 18.0. The van der Waals surface area contributed by atoms with Gasteiger partial charge in [-0.1, -0.05) is 42.5 Å². The van der Waals surface area contributed by atoms with Crippen molar-refractivity contribution in [3.63, 3.8) is 0 Å². The Morgan fingerprint density at radius 1 is 1.15 bits per heavy atom. The summed E-state index contributed by atoms with van der Waals surface area (Å²) < 4.78 is 5.78. The molecule has 3 unspecified atom stereocenters. The summed E-state index contributed by atoms with van der Waals surface area (Å²) >= 11 is 0. The van der Waals surface area contributed by atoms with Crippen LogP contribution in [0.4, 0.5) is 0 Å². The molecule has 26 heavy (non-hydrogen) atoms. The highest BCUT2D eigenvalue weighted by atomic mass is 16.5. The molecule has 1 aliphatic carbocycles. The Labute approximate surface area is 153 Å². The molecule has 5 heteroatoms. The summed E-state index contributed by atoms with van der Waals surface area (Å²) in [5, 5.41) is 11.5. The fourth-order valence-electron chi connectivity index (χ4n) is 3.07. The van der Waals surface area contributed by atoms with E-state index in [0.29, 0.717) is 6.61 Å². The molecule has 0 bridgehead atoms. The second-order valence-corrected chi connectivity index (χ2v) is 6.80. The summed E-state index contributed by atoms with van der Waals surface area (Å²) in [6, 6.07) is 17.5. The van der Waals surface area contributed by atoms with Gasteiger partial charge in [0.15, 0.2) is 0 Å². The Morgan fingerprint density at radius 3 is 2.50 bits per heavy atom. The van der Waals surface area contributed by atoms with E-state index >= 15 is 0 Å². The lowest BCUT2D eigenvalue weighted by atomic mass is 10.1. The van der Waals surface area contributed by atoms with Gasteiger partial charge in [0.05, 0.1) is 6.42 Å². The van der Waals surface area contributed by atoms with Gasteiger partial charge in [-0.2, -0.15) is 0 Å². The van der Waals surface area contributed by atoms with Crippen molar-refractivity contribution in [1.82, 2.24) is 5.32 Å². The number of carboxylic acids is 1. The van der Waals surface area contributed by atoms with Gasteiger partial charge < -0.3 is 15.2 Å². The summed E-state index contributed by atoms with van der Waals surface area (Å²) in [6.07, 6.45) is 0.742. The number of benzene rings is 2. The fraction of sp³-hybridized carbons (Fsp3) is 0.333. The van der Waals surface area contributed by atoms with Gasteiger partial charge in [0, 0.05) is 12.0 Å². The molecule has 0 aliphatic heterocycles. The number of aliphatic carboxylic acids is 1. The van der Waals surface area contributed by atoms with Crippen LogP contribution in [0.15, 0.2) is 54.6 Å². The molecule has 136 valence electrons. The van der Waals surface area contributed by atoms with E-state index in [0.717, 1.165) is 23.3 Å². The van der Waals surface area contributed by atoms with Crippen LogP contribution >= 0.6 is 0 Å². The zero-order valence-corrected chi connectivity index (χ0v) is 14.7. The standard InChI is InChI=1S/C21H23NO4/c1-14(11-20(23)24)22-21(25)19-12-18(19)16-7-9-17(10-8-16)26-13-15-5-3-2-4-6-15/h2-10,14,18-19H,11-13H2,1H3,(H,22,25)(H,23,24). The van der Waals surface area contributed by atoms with Crippen LogP contribution in [-0.2, 0) is 16.2 Å². The molecular weight excluding hydrogens is 330 g/mol. The van der Waals surface area contributed by atoms with E-state index in [-0.39, 0.29) is 30.2 Å². The van der Waals surface area contributed by atoms with Gasteiger partial charge in [-0.25, -0.2) is 0 Å². The minimum Gasteiger partial charge on any atom is -0.489 e. The molecule has 1 aliphatic rings. The Kier molecular flexibility index (Phi) is 5.56. The Hall–Kier alpha value is -2.82. The highest BCUT2D eigenvalue weighted by Crippen LogP contribution is 2.47. The molecule has 3 atom stereocenters. The maximum Gasteiger partial charge on any atom is 0.305 e. The molecule has 1 saturated carbocycles. The van der Waals surface area contributed by atoms with Gasteiger partial charge in [0.25, 0.3) is 0 Å². The van der Waals surface area contributed by atoms with E-state index in [4.69, 9.17) is 9.84 Å². The van der Waals surface area contributed by atoms with Crippen molar-refractivity contribution in [3.05, 3.63) is 65.7 Å². The number of ether oxygens (including phenoxy) is 1. The molecule has 1 amide bonds. The number of carboxylic acid groups (broad SMARTS) is 1. The van der Waals surface area contributed by atoms with E-state index in [1.807, 2.05) is 54.6 Å². The average Bonchev–Trinajstić information content (AvgIpc) is 3.41. The van der Waals surface area contributed by atoms with Gasteiger partial charge in [-0.3, -0.25) is 9.59 Å². The van der Waals surface area contributed by atoms with Crippen LogP contribution in [0.5, 0.6) is 5.75 Å². The molecule has 3 rings (SSSR count). The van der Waals surface area contributed by atoms with Crippen LogP contribution in [-0.4, -0.2) is 23.0 Å². The third-order valence-electron chi connectivity index (χ3n) is 4.55. The van der Waals surface area contributed by atoms with Gasteiger partial charge in [-0.05, 0) is 42.5 Å². The molecule has 5 nitrogen and oxygen atoms in total. The first-order chi connectivity index (χ1) is 12.5. The van der Waals surface area contributed by atoms with Crippen LogP contribution in [0, 0.1) is 5.92 Å². The summed E-state index contributed by atoms with van der Waals surface area (Å²) in [7, 11) is 0. The largest absolute Gasteiger partial charge is 0.489 e. The van der Waals surface area contributed by atoms with Gasteiger partial charge in [0.2, 0.25) is 5.91 Å². The Balaban J connectivity index is 1.49. The van der Waals surface area contributed by atoms with Crippen LogP contribution in [0.2, 0.25) is 0 Å². The van der Waals surface area contributed by atoms with E-state index in [2.05, 4.69) is 5.32 Å². The van der Waals surface area contributed by atoms with Crippen molar-refractivity contribution in [1.29, 1.82) is 0 Å². The maximum atomic E-state index is 12.2. The topological polar surface area (TPSA) is 75.6 Å². The summed E-state index contributed by atoms with van der Waals surface area (Å²) in [5.41, 5.74) is 2.23. The fourth-order valence-corrected chi connectivity index (χ4v) is 3.07. The molecular formula is C21H23NO4. The quantitative estimate of drug-likeness (QED) is 0.763. The predicted octanol–water partition coefficient (Wildman–Crippen LogP) is 3.35. The molecule has 0 aromatic heterocycles. The monoisotopic (exact) mass is 353 g/mol. The predicted molar refractivity (Wildman–Crippen MR) is 97.9 cm³/mol. The molecule has 1 fully saturated rings. The number of carbonyl (C=O) groups is 2. The van der Waals surface area contributed by atoms with Crippen LogP contribution in [0.1, 0.15) is 36.8 Å². The van der Waals surface area contributed by atoms with E-state index < -0.39 is 5.97 Å². The second kappa shape index (κ2) is 8.04. The number of hydrogen-bond acceptors (Lipinski definition) is 3. The normalized spacial score (nSPS) is 19.4. The number of amides is 1. The van der Waals surface area contributed by atoms with Crippen molar-refractivity contribution >= 4 is 11.9 Å². The molecule has 0 heterocycles. The minimum atomic E-state index is -0.906. The first-order valence-corrected chi connectivity index (χ1v) is 8.82. The van der Waals surface area contributed by atoms with E-state index in [1.54, 1.807) is 6.92 Å². The number of carbonyl (C=O) groups excluding carboxylic acids is 1. The minimum absolute atomic E-state index is 0.0590. The average molecular weight is 353 g/mol. The number of hydrogen-bond donors (Lipinski definition) is 2. The molecule has 0 spiro atoms. The van der Waals surface area contributed by atoms with Crippen LogP contribution in [0.25, 0.3) is 0 Å². The van der Waals surface area contributed by atoms with Crippen molar-refractivity contribution in [3.8, 4) is 5.75 Å². The molecule has 0 saturated heterocycles. The summed E-state index contributed by atoms with van der Waals surface area (Å²) in [6.45, 7) is 2.23. The lowest BCUT2D eigenvalue weighted by Gasteiger charge is -2.11. The third kappa shape index (κ3) is 4.85.